The van der Waals surface area contributed by atoms with Gasteiger partial charge in [-0.2, -0.15) is 0 Å². The fraction of sp³-hybridized carbons (Fsp3) is 0.333. The molecule has 1 unspecified atom stereocenters. The van der Waals surface area contributed by atoms with Crippen LogP contribution in [0.2, 0.25) is 0 Å². The lowest BCUT2D eigenvalue weighted by Crippen LogP contribution is -2.18. The molecule has 3 heteroatoms. The third-order valence-corrected chi connectivity index (χ3v) is 3.40. The number of hydrogen-bond acceptors (Lipinski definition) is 2. The number of hydrogen-bond donors (Lipinski definition) is 1. The van der Waals surface area contributed by atoms with E-state index in [4.69, 9.17) is 4.74 Å². The SMILES string of the molecule is Oc1cccc2ccccc12.[Si]C1CCCCO1. The molecule has 1 N–H and O–H groups in total. The average molecular weight is 257 g/mol. The van der Waals surface area contributed by atoms with Gasteiger partial charge in [-0.25, -0.2) is 0 Å². The Hall–Kier alpha value is -1.32. The van der Waals surface area contributed by atoms with Crippen LogP contribution >= 0.6 is 0 Å². The molecule has 0 spiro atoms. The van der Waals surface area contributed by atoms with Gasteiger partial charge in [0.25, 0.3) is 0 Å². The summed E-state index contributed by atoms with van der Waals surface area (Å²) in [5.74, 6) is 0.350. The molecule has 0 bridgehead atoms. The van der Waals surface area contributed by atoms with Crippen LogP contribution in [0.15, 0.2) is 42.5 Å². The largest absolute Gasteiger partial charge is 0.507 e. The number of phenolic OH excluding ortho intramolecular Hbond substituents is 1. The second kappa shape index (κ2) is 6.57. The first-order valence-electron chi connectivity index (χ1n) is 6.27. The zero-order chi connectivity index (χ0) is 12.8. The molecule has 0 aliphatic carbocycles. The topological polar surface area (TPSA) is 29.5 Å². The Morgan fingerprint density at radius 3 is 2.44 bits per heavy atom. The van der Waals surface area contributed by atoms with Gasteiger partial charge in [0.15, 0.2) is 0 Å². The monoisotopic (exact) mass is 257 g/mol. The maximum Gasteiger partial charge on any atom is 0.123 e. The Morgan fingerprint density at radius 1 is 1.06 bits per heavy atom. The van der Waals surface area contributed by atoms with Gasteiger partial charge >= 0.3 is 0 Å². The quantitative estimate of drug-likeness (QED) is 0.734. The number of fused-ring (bicyclic) bond motifs is 1. The van der Waals surface area contributed by atoms with E-state index < -0.39 is 0 Å². The van der Waals surface area contributed by atoms with Crippen LogP contribution < -0.4 is 0 Å². The Labute approximate surface area is 111 Å². The minimum absolute atomic E-state index is 0.341. The van der Waals surface area contributed by atoms with E-state index in [0.29, 0.717) is 11.5 Å². The molecule has 1 saturated heterocycles. The van der Waals surface area contributed by atoms with E-state index in [2.05, 4.69) is 10.2 Å². The number of ether oxygens (including phenoxy) is 1. The van der Waals surface area contributed by atoms with Crippen LogP contribution in [0.4, 0.5) is 0 Å². The van der Waals surface area contributed by atoms with E-state index in [1.165, 1.54) is 19.3 Å². The molecular formula is C15H17O2Si. The zero-order valence-corrected chi connectivity index (χ0v) is 11.3. The van der Waals surface area contributed by atoms with Crippen molar-refractivity contribution >= 4 is 21.0 Å². The van der Waals surface area contributed by atoms with Gasteiger partial charge in [0.05, 0.1) is 10.2 Å². The number of aromatic hydroxyl groups is 1. The van der Waals surface area contributed by atoms with Crippen LogP contribution in [0.25, 0.3) is 10.8 Å². The minimum Gasteiger partial charge on any atom is -0.507 e. The van der Waals surface area contributed by atoms with Gasteiger partial charge in [-0.15, -0.1) is 0 Å². The van der Waals surface area contributed by atoms with Crippen LogP contribution in [0.3, 0.4) is 0 Å². The van der Waals surface area contributed by atoms with Gasteiger partial charge < -0.3 is 9.84 Å². The fourth-order valence-corrected chi connectivity index (χ4v) is 2.27. The maximum atomic E-state index is 9.37. The summed E-state index contributed by atoms with van der Waals surface area (Å²) in [4.78, 5) is 0. The van der Waals surface area contributed by atoms with E-state index >= 15 is 0 Å². The predicted octanol–water partition coefficient (Wildman–Crippen LogP) is 3.23. The highest BCUT2D eigenvalue weighted by molar-refractivity contribution is 6.11. The molecule has 0 aromatic heterocycles. The average Bonchev–Trinajstić information content (AvgIpc) is 2.41. The third kappa shape index (κ3) is 3.58. The van der Waals surface area contributed by atoms with Crippen molar-refractivity contribution < 1.29 is 9.84 Å². The first kappa shape index (κ1) is 13.1. The fourth-order valence-electron chi connectivity index (χ4n) is 1.95. The standard InChI is InChI=1S/C10H8O.C5H9OSi/c11-10-7-3-5-8-4-1-2-6-9(8)10;7-5-3-1-2-4-6-5/h1-7,11H;5H,1-4H2. The van der Waals surface area contributed by atoms with Crippen LogP contribution in [0.5, 0.6) is 5.75 Å². The molecule has 1 aliphatic rings. The Morgan fingerprint density at radius 2 is 1.83 bits per heavy atom. The van der Waals surface area contributed by atoms with Crippen LogP contribution in [0, 0.1) is 0 Å². The molecule has 2 nitrogen and oxygen atoms in total. The molecule has 1 heterocycles. The molecular weight excluding hydrogens is 240 g/mol. The van der Waals surface area contributed by atoms with Crippen LogP contribution in [0.1, 0.15) is 19.3 Å². The van der Waals surface area contributed by atoms with Crippen molar-refractivity contribution in [3.8, 4) is 5.75 Å². The van der Waals surface area contributed by atoms with Gasteiger partial charge in [0.2, 0.25) is 0 Å². The lowest BCUT2D eigenvalue weighted by molar-refractivity contribution is 0.0675. The van der Waals surface area contributed by atoms with Crippen molar-refractivity contribution in [2.45, 2.75) is 25.0 Å². The highest BCUT2D eigenvalue weighted by atomic mass is 28.1. The lowest BCUT2D eigenvalue weighted by Gasteiger charge is -2.17. The number of benzene rings is 2. The van der Waals surface area contributed by atoms with Crippen LogP contribution in [-0.4, -0.2) is 27.7 Å². The molecule has 1 aliphatic heterocycles. The highest BCUT2D eigenvalue weighted by Gasteiger charge is 2.06. The van der Waals surface area contributed by atoms with Gasteiger partial charge in [0, 0.05) is 17.7 Å². The molecule has 2 aromatic carbocycles. The van der Waals surface area contributed by atoms with Crippen LogP contribution in [-0.2, 0) is 4.74 Å². The molecule has 2 aromatic rings. The highest BCUT2D eigenvalue weighted by Crippen LogP contribution is 2.22. The molecule has 93 valence electrons. The lowest BCUT2D eigenvalue weighted by atomic mass is 10.1. The van der Waals surface area contributed by atoms with Gasteiger partial charge in [-0.3, -0.25) is 0 Å². The van der Waals surface area contributed by atoms with Crippen molar-refractivity contribution in [3.05, 3.63) is 42.5 Å². The molecule has 0 saturated carbocycles. The Balaban J connectivity index is 0.000000149. The Bertz CT molecular complexity index is 487. The summed E-state index contributed by atoms with van der Waals surface area (Å²) in [6, 6.07) is 13.3. The van der Waals surface area contributed by atoms with E-state index in [-0.39, 0.29) is 0 Å². The number of phenols is 1. The third-order valence-electron chi connectivity index (χ3n) is 2.95. The van der Waals surface area contributed by atoms with Crippen molar-refractivity contribution in [2.75, 3.05) is 6.61 Å². The molecule has 0 amide bonds. The molecule has 18 heavy (non-hydrogen) atoms. The summed E-state index contributed by atoms with van der Waals surface area (Å²) in [6.07, 6.45) is 3.73. The van der Waals surface area contributed by atoms with Crippen molar-refractivity contribution in [1.29, 1.82) is 0 Å². The van der Waals surface area contributed by atoms with Crippen molar-refractivity contribution in [1.82, 2.24) is 0 Å². The second-order valence-corrected chi connectivity index (χ2v) is 5.00. The minimum atomic E-state index is 0.341. The number of rotatable bonds is 0. The first-order chi connectivity index (χ1) is 8.77. The van der Waals surface area contributed by atoms with E-state index in [1.807, 2.05) is 36.4 Å². The summed E-state index contributed by atoms with van der Waals surface area (Å²) >= 11 is 0. The van der Waals surface area contributed by atoms with E-state index in [9.17, 15) is 5.11 Å². The van der Waals surface area contributed by atoms with Crippen molar-refractivity contribution in [3.63, 3.8) is 0 Å². The molecule has 3 radical (unpaired) electrons. The molecule has 1 fully saturated rings. The van der Waals surface area contributed by atoms with Crippen molar-refractivity contribution in [2.24, 2.45) is 0 Å². The normalized spacial score (nSPS) is 19.1. The zero-order valence-electron chi connectivity index (χ0n) is 10.3. The first-order valence-corrected chi connectivity index (χ1v) is 6.84. The van der Waals surface area contributed by atoms with E-state index in [0.717, 1.165) is 17.4 Å². The predicted molar refractivity (Wildman–Crippen MR) is 75.0 cm³/mol. The van der Waals surface area contributed by atoms with Gasteiger partial charge in [-0.05, 0) is 30.7 Å². The summed E-state index contributed by atoms with van der Waals surface area (Å²) in [5.41, 5.74) is 0.341. The molecule has 1 atom stereocenters. The smallest absolute Gasteiger partial charge is 0.123 e. The summed E-state index contributed by atoms with van der Waals surface area (Å²) < 4.78 is 5.19. The Kier molecular flexibility index (Phi) is 4.79. The second-order valence-electron chi connectivity index (χ2n) is 4.35. The van der Waals surface area contributed by atoms with Gasteiger partial charge in [0.1, 0.15) is 5.75 Å². The maximum absolute atomic E-state index is 9.37. The van der Waals surface area contributed by atoms with Gasteiger partial charge in [-0.1, -0.05) is 36.4 Å². The molecule has 3 rings (SSSR count). The summed E-state index contributed by atoms with van der Waals surface area (Å²) in [6.45, 7) is 0.939. The summed E-state index contributed by atoms with van der Waals surface area (Å²) in [5, 5.41) is 11.4. The summed E-state index contributed by atoms with van der Waals surface area (Å²) in [7, 11) is 3.41. The van der Waals surface area contributed by atoms with E-state index in [1.54, 1.807) is 6.07 Å².